The Hall–Kier alpha value is -3.68. The van der Waals surface area contributed by atoms with Crippen LogP contribution in [-0.2, 0) is 18.3 Å². The molecule has 0 aliphatic heterocycles. The number of methoxy groups -OCH3 is 1. The maximum Gasteiger partial charge on any atom is 0.354 e. The van der Waals surface area contributed by atoms with Gasteiger partial charge in [-0.1, -0.05) is 6.07 Å². The zero-order valence-corrected chi connectivity index (χ0v) is 18.6. The summed E-state index contributed by atoms with van der Waals surface area (Å²) in [5, 5.41) is 0. The quantitative estimate of drug-likeness (QED) is 0.409. The van der Waals surface area contributed by atoms with Crippen molar-refractivity contribution >= 4 is 17.7 Å². The van der Waals surface area contributed by atoms with Gasteiger partial charge in [0, 0.05) is 23.9 Å². The van der Waals surface area contributed by atoms with E-state index in [-0.39, 0.29) is 23.6 Å². The second-order valence-corrected chi connectivity index (χ2v) is 7.55. The smallest absolute Gasteiger partial charge is 0.354 e. The molecule has 1 aromatic carbocycles. The van der Waals surface area contributed by atoms with Gasteiger partial charge in [0.15, 0.2) is 5.78 Å². The summed E-state index contributed by atoms with van der Waals surface area (Å²) in [4.78, 5) is 40.4. The lowest BCUT2D eigenvalue weighted by molar-refractivity contribution is 0.0586. The lowest BCUT2D eigenvalue weighted by Crippen LogP contribution is -2.43. The average molecular weight is 440 g/mol. The van der Waals surface area contributed by atoms with Gasteiger partial charge >= 0.3 is 5.97 Å². The number of halogens is 1. The molecular formula is C24H25FN2O5. The summed E-state index contributed by atoms with van der Waals surface area (Å²) >= 11 is 0. The van der Waals surface area contributed by atoms with Crippen molar-refractivity contribution in [2.24, 2.45) is 7.05 Å². The van der Waals surface area contributed by atoms with Gasteiger partial charge in [0.25, 0.3) is 5.91 Å². The molecule has 1 amide bonds. The van der Waals surface area contributed by atoms with Gasteiger partial charge in [-0.25, -0.2) is 9.18 Å². The Bertz CT molecular complexity index is 1160. The summed E-state index contributed by atoms with van der Waals surface area (Å²) in [6, 6.07) is 7.76. The highest BCUT2D eigenvalue weighted by Crippen LogP contribution is 2.26. The molecule has 32 heavy (non-hydrogen) atoms. The molecule has 0 N–H and O–H groups in total. The van der Waals surface area contributed by atoms with Gasteiger partial charge in [0.1, 0.15) is 17.3 Å². The molecule has 0 fully saturated rings. The summed E-state index contributed by atoms with van der Waals surface area (Å²) in [7, 11) is 2.95. The molecule has 2 heterocycles. The number of esters is 1. The Kier molecular flexibility index (Phi) is 6.62. The monoisotopic (exact) mass is 440 g/mol. The van der Waals surface area contributed by atoms with Crippen molar-refractivity contribution in [1.29, 1.82) is 0 Å². The van der Waals surface area contributed by atoms with E-state index in [0.717, 1.165) is 6.07 Å². The second-order valence-electron chi connectivity index (χ2n) is 7.55. The van der Waals surface area contributed by atoms with Crippen LogP contribution in [-0.4, -0.2) is 40.3 Å². The highest BCUT2D eigenvalue weighted by molar-refractivity contribution is 6.07. The Morgan fingerprint density at radius 3 is 2.50 bits per heavy atom. The van der Waals surface area contributed by atoms with E-state index in [2.05, 4.69) is 0 Å². The van der Waals surface area contributed by atoms with Crippen LogP contribution in [0.25, 0.3) is 0 Å². The predicted octanol–water partition coefficient (Wildman–Crippen LogP) is 4.07. The van der Waals surface area contributed by atoms with Crippen LogP contribution >= 0.6 is 0 Å². The number of nitrogens with zero attached hydrogens (tertiary/aromatic N) is 2. The van der Waals surface area contributed by atoms with Crippen LogP contribution < -0.4 is 0 Å². The van der Waals surface area contributed by atoms with Crippen molar-refractivity contribution in [3.8, 4) is 0 Å². The molecule has 1 atom stereocenters. The number of Topliss-reactive ketones (excluding diaryl/α,β-unsaturated/α-hetero) is 1. The zero-order chi connectivity index (χ0) is 23.6. The molecule has 168 valence electrons. The van der Waals surface area contributed by atoms with Crippen molar-refractivity contribution < 1.29 is 27.9 Å². The summed E-state index contributed by atoms with van der Waals surface area (Å²) in [5.74, 6) is -1.48. The molecule has 0 bridgehead atoms. The van der Waals surface area contributed by atoms with E-state index >= 15 is 0 Å². The second kappa shape index (κ2) is 9.21. The maximum atomic E-state index is 13.8. The summed E-state index contributed by atoms with van der Waals surface area (Å²) in [6.07, 6.45) is 1.47. The van der Waals surface area contributed by atoms with Crippen LogP contribution in [0.2, 0.25) is 0 Å². The van der Waals surface area contributed by atoms with Crippen LogP contribution in [0.15, 0.2) is 47.1 Å². The number of carbonyl (C=O) groups excluding carboxylic acids is 3. The van der Waals surface area contributed by atoms with E-state index in [0.29, 0.717) is 22.6 Å². The van der Waals surface area contributed by atoms with E-state index in [4.69, 9.17) is 9.15 Å². The van der Waals surface area contributed by atoms with Gasteiger partial charge < -0.3 is 18.6 Å². The molecular weight excluding hydrogens is 415 g/mol. The molecule has 8 heteroatoms. The fourth-order valence-corrected chi connectivity index (χ4v) is 3.82. The fourth-order valence-electron chi connectivity index (χ4n) is 3.82. The number of furan rings is 1. The number of rotatable bonds is 7. The Morgan fingerprint density at radius 2 is 1.91 bits per heavy atom. The van der Waals surface area contributed by atoms with E-state index in [9.17, 15) is 18.8 Å². The lowest BCUT2D eigenvalue weighted by Gasteiger charge is -2.28. The van der Waals surface area contributed by atoms with Gasteiger partial charge in [-0.3, -0.25) is 9.59 Å². The Balaban J connectivity index is 2.03. The third-order valence-corrected chi connectivity index (χ3v) is 5.64. The number of aromatic nitrogens is 1. The van der Waals surface area contributed by atoms with E-state index in [1.54, 1.807) is 44.5 Å². The number of ether oxygens (including phenoxy) is 1. The van der Waals surface area contributed by atoms with Crippen LogP contribution in [0.5, 0.6) is 0 Å². The number of ketones is 1. The van der Waals surface area contributed by atoms with Gasteiger partial charge in [-0.2, -0.15) is 0 Å². The molecule has 0 saturated heterocycles. The molecule has 2 aromatic heterocycles. The summed E-state index contributed by atoms with van der Waals surface area (Å²) in [6.45, 7) is 5.02. The first-order valence-electron chi connectivity index (χ1n) is 10.0. The standard InChI is InChI=1S/C24H25FN2O5/c1-14-20(15(2)26(4)21(14)24(30)31-5)22(28)16(3)27(13-19-10-7-11-32-19)23(29)17-8-6-9-18(25)12-17/h6-12,16H,13H2,1-5H3/t16-/m0/s1. The minimum absolute atomic E-state index is 0.0179. The Labute approximate surface area is 185 Å². The molecule has 0 aliphatic carbocycles. The average Bonchev–Trinajstić information content (AvgIpc) is 3.36. The van der Waals surface area contributed by atoms with Crippen molar-refractivity contribution in [1.82, 2.24) is 9.47 Å². The van der Waals surface area contributed by atoms with Crippen LogP contribution in [0.4, 0.5) is 4.39 Å². The van der Waals surface area contributed by atoms with Crippen LogP contribution in [0.1, 0.15) is 55.1 Å². The maximum absolute atomic E-state index is 13.8. The van der Waals surface area contributed by atoms with Crippen molar-refractivity contribution in [3.05, 3.63) is 82.3 Å². The van der Waals surface area contributed by atoms with Gasteiger partial charge in [0.05, 0.1) is 26.0 Å². The molecule has 3 rings (SSSR count). The van der Waals surface area contributed by atoms with Crippen molar-refractivity contribution in [3.63, 3.8) is 0 Å². The fraction of sp³-hybridized carbons (Fsp3) is 0.292. The third-order valence-electron chi connectivity index (χ3n) is 5.64. The van der Waals surface area contributed by atoms with E-state index < -0.39 is 23.7 Å². The number of carbonyl (C=O) groups is 3. The highest BCUT2D eigenvalue weighted by atomic mass is 19.1. The summed E-state index contributed by atoms with van der Waals surface area (Å²) in [5.41, 5.74) is 1.79. The number of hydrogen-bond acceptors (Lipinski definition) is 5. The predicted molar refractivity (Wildman–Crippen MR) is 115 cm³/mol. The molecule has 0 saturated carbocycles. The SMILES string of the molecule is COC(=O)c1c(C)c(C(=O)[C@H](C)N(Cc2ccco2)C(=O)c2cccc(F)c2)c(C)n1C. The van der Waals surface area contributed by atoms with E-state index in [1.807, 2.05) is 0 Å². The largest absolute Gasteiger partial charge is 0.467 e. The van der Waals surface area contributed by atoms with E-state index in [1.165, 1.54) is 36.5 Å². The van der Waals surface area contributed by atoms with Gasteiger partial charge in [-0.15, -0.1) is 0 Å². The minimum atomic E-state index is -0.916. The van der Waals surface area contributed by atoms with Crippen molar-refractivity contribution in [2.75, 3.05) is 7.11 Å². The topological polar surface area (TPSA) is 81.8 Å². The summed E-state index contributed by atoms with van der Waals surface area (Å²) < 4.78 is 25.6. The molecule has 3 aromatic rings. The molecule has 7 nitrogen and oxygen atoms in total. The third kappa shape index (κ3) is 4.21. The number of amides is 1. The zero-order valence-electron chi connectivity index (χ0n) is 18.6. The molecule has 0 unspecified atom stereocenters. The number of hydrogen-bond donors (Lipinski definition) is 0. The minimum Gasteiger partial charge on any atom is -0.467 e. The first kappa shape index (κ1) is 23.0. The van der Waals surface area contributed by atoms with Crippen LogP contribution in [0.3, 0.4) is 0 Å². The normalized spacial score (nSPS) is 11.8. The Morgan fingerprint density at radius 1 is 1.19 bits per heavy atom. The van der Waals surface area contributed by atoms with Gasteiger partial charge in [0.2, 0.25) is 0 Å². The highest BCUT2D eigenvalue weighted by Gasteiger charge is 2.33. The first-order valence-corrected chi connectivity index (χ1v) is 10.0. The number of benzene rings is 1. The van der Waals surface area contributed by atoms with Crippen molar-refractivity contribution in [2.45, 2.75) is 33.4 Å². The molecule has 0 aliphatic rings. The molecule has 0 spiro atoms. The molecule has 0 radical (unpaired) electrons. The lowest BCUT2D eigenvalue weighted by atomic mass is 9.99. The first-order chi connectivity index (χ1) is 15.2. The van der Waals surface area contributed by atoms with Gasteiger partial charge in [-0.05, 0) is 56.7 Å². The van der Waals surface area contributed by atoms with Crippen LogP contribution in [0, 0.1) is 19.7 Å².